The first kappa shape index (κ1) is 12.9. The fraction of sp³-hybridized carbons (Fsp3) is 0.500. The van der Waals surface area contributed by atoms with Crippen LogP contribution in [0.4, 0.5) is 0 Å². The SMILES string of the molecule is COc1ccccc1C(C)NC(=O)C1CCCN1. The molecule has 0 spiro atoms. The van der Waals surface area contributed by atoms with Crippen molar-refractivity contribution in [1.82, 2.24) is 10.6 Å². The first-order valence-corrected chi connectivity index (χ1v) is 6.39. The Bertz CT molecular complexity index is 414. The Morgan fingerprint density at radius 3 is 2.94 bits per heavy atom. The number of ether oxygens (including phenoxy) is 1. The van der Waals surface area contributed by atoms with Gasteiger partial charge in [-0.05, 0) is 32.4 Å². The molecule has 2 unspecified atom stereocenters. The predicted molar refractivity (Wildman–Crippen MR) is 70.6 cm³/mol. The molecule has 0 saturated carbocycles. The Balaban J connectivity index is 2.02. The maximum absolute atomic E-state index is 12.0. The molecule has 4 heteroatoms. The van der Waals surface area contributed by atoms with Gasteiger partial charge in [0, 0.05) is 5.56 Å². The molecule has 1 heterocycles. The molecule has 0 bridgehead atoms. The van der Waals surface area contributed by atoms with Crippen LogP contribution in [0.5, 0.6) is 5.75 Å². The number of rotatable bonds is 4. The number of para-hydroxylation sites is 1. The first-order valence-electron chi connectivity index (χ1n) is 6.39. The average Bonchev–Trinajstić information content (AvgIpc) is 2.92. The van der Waals surface area contributed by atoms with Gasteiger partial charge in [0.25, 0.3) is 0 Å². The lowest BCUT2D eigenvalue weighted by Crippen LogP contribution is -2.41. The van der Waals surface area contributed by atoms with Crippen molar-refractivity contribution in [1.29, 1.82) is 0 Å². The molecule has 1 aromatic rings. The molecular weight excluding hydrogens is 228 g/mol. The Labute approximate surface area is 108 Å². The Hall–Kier alpha value is -1.55. The molecule has 2 atom stereocenters. The van der Waals surface area contributed by atoms with E-state index in [0.717, 1.165) is 30.7 Å². The fourth-order valence-electron chi connectivity index (χ4n) is 2.32. The number of carbonyl (C=O) groups excluding carboxylic acids is 1. The van der Waals surface area contributed by atoms with Gasteiger partial charge in [0.05, 0.1) is 19.2 Å². The summed E-state index contributed by atoms with van der Waals surface area (Å²) in [4.78, 5) is 12.0. The van der Waals surface area contributed by atoms with Gasteiger partial charge in [0.2, 0.25) is 5.91 Å². The molecule has 0 radical (unpaired) electrons. The molecule has 1 aromatic carbocycles. The number of hydrogen-bond acceptors (Lipinski definition) is 3. The maximum Gasteiger partial charge on any atom is 0.237 e. The zero-order chi connectivity index (χ0) is 13.0. The molecule has 1 fully saturated rings. The van der Waals surface area contributed by atoms with Gasteiger partial charge in [-0.25, -0.2) is 0 Å². The molecule has 18 heavy (non-hydrogen) atoms. The molecule has 1 saturated heterocycles. The van der Waals surface area contributed by atoms with Crippen molar-refractivity contribution in [3.8, 4) is 5.75 Å². The summed E-state index contributed by atoms with van der Waals surface area (Å²) < 4.78 is 5.31. The van der Waals surface area contributed by atoms with E-state index in [1.54, 1.807) is 7.11 Å². The van der Waals surface area contributed by atoms with Crippen LogP contribution in [0.3, 0.4) is 0 Å². The van der Waals surface area contributed by atoms with Gasteiger partial charge < -0.3 is 15.4 Å². The minimum Gasteiger partial charge on any atom is -0.496 e. The highest BCUT2D eigenvalue weighted by molar-refractivity contribution is 5.82. The highest BCUT2D eigenvalue weighted by Gasteiger charge is 2.23. The minimum absolute atomic E-state index is 0.0397. The maximum atomic E-state index is 12.0. The van der Waals surface area contributed by atoms with Crippen LogP contribution in [-0.2, 0) is 4.79 Å². The van der Waals surface area contributed by atoms with E-state index in [9.17, 15) is 4.79 Å². The van der Waals surface area contributed by atoms with Gasteiger partial charge >= 0.3 is 0 Å². The summed E-state index contributed by atoms with van der Waals surface area (Å²) in [6.07, 6.45) is 1.99. The summed E-state index contributed by atoms with van der Waals surface area (Å²) in [6.45, 7) is 2.91. The van der Waals surface area contributed by atoms with E-state index >= 15 is 0 Å². The number of carbonyl (C=O) groups is 1. The normalized spacial score (nSPS) is 20.4. The van der Waals surface area contributed by atoms with Crippen LogP contribution in [0.2, 0.25) is 0 Å². The van der Waals surface area contributed by atoms with Crippen LogP contribution < -0.4 is 15.4 Å². The Morgan fingerprint density at radius 2 is 2.28 bits per heavy atom. The van der Waals surface area contributed by atoms with Crippen molar-refractivity contribution in [3.63, 3.8) is 0 Å². The summed E-state index contributed by atoms with van der Waals surface area (Å²) in [7, 11) is 1.64. The third kappa shape index (κ3) is 2.82. The average molecular weight is 248 g/mol. The molecular formula is C14H20N2O2. The van der Waals surface area contributed by atoms with Crippen LogP contribution in [-0.4, -0.2) is 25.6 Å². The molecule has 2 rings (SSSR count). The van der Waals surface area contributed by atoms with Crippen molar-refractivity contribution >= 4 is 5.91 Å². The topological polar surface area (TPSA) is 50.4 Å². The van der Waals surface area contributed by atoms with Crippen molar-refractivity contribution in [2.45, 2.75) is 31.8 Å². The number of methoxy groups -OCH3 is 1. The lowest BCUT2D eigenvalue weighted by molar-refractivity contribution is -0.123. The summed E-state index contributed by atoms with van der Waals surface area (Å²) in [5, 5.41) is 6.23. The van der Waals surface area contributed by atoms with Crippen LogP contribution >= 0.6 is 0 Å². The number of nitrogens with one attached hydrogen (secondary N) is 2. The van der Waals surface area contributed by atoms with Crippen molar-refractivity contribution in [2.24, 2.45) is 0 Å². The Morgan fingerprint density at radius 1 is 1.50 bits per heavy atom. The molecule has 1 amide bonds. The van der Waals surface area contributed by atoms with Gasteiger partial charge in [-0.1, -0.05) is 18.2 Å². The lowest BCUT2D eigenvalue weighted by atomic mass is 10.1. The third-order valence-corrected chi connectivity index (χ3v) is 3.34. The summed E-state index contributed by atoms with van der Waals surface area (Å²) in [6, 6.07) is 7.68. The summed E-state index contributed by atoms with van der Waals surface area (Å²) >= 11 is 0. The fourth-order valence-corrected chi connectivity index (χ4v) is 2.32. The summed E-state index contributed by atoms with van der Waals surface area (Å²) in [5.41, 5.74) is 1.01. The molecule has 4 nitrogen and oxygen atoms in total. The second kappa shape index (κ2) is 5.87. The number of benzene rings is 1. The second-order valence-corrected chi connectivity index (χ2v) is 4.62. The largest absolute Gasteiger partial charge is 0.496 e. The summed E-state index contributed by atoms with van der Waals surface area (Å²) in [5.74, 6) is 0.885. The molecule has 1 aliphatic rings. The van der Waals surface area contributed by atoms with Gasteiger partial charge in [0.15, 0.2) is 0 Å². The second-order valence-electron chi connectivity index (χ2n) is 4.62. The zero-order valence-corrected chi connectivity index (χ0v) is 10.9. The van der Waals surface area contributed by atoms with E-state index in [-0.39, 0.29) is 18.0 Å². The Kier molecular flexibility index (Phi) is 4.20. The van der Waals surface area contributed by atoms with Gasteiger partial charge in [-0.15, -0.1) is 0 Å². The van der Waals surface area contributed by atoms with E-state index in [0.29, 0.717) is 0 Å². The van der Waals surface area contributed by atoms with Crippen molar-refractivity contribution < 1.29 is 9.53 Å². The number of amides is 1. The molecule has 1 aliphatic heterocycles. The van der Waals surface area contributed by atoms with Crippen LogP contribution in [0.1, 0.15) is 31.4 Å². The lowest BCUT2D eigenvalue weighted by Gasteiger charge is -2.19. The van der Waals surface area contributed by atoms with Gasteiger partial charge in [-0.3, -0.25) is 4.79 Å². The monoisotopic (exact) mass is 248 g/mol. The van der Waals surface area contributed by atoms with Crippen LogP contribution in [0.15, 0.2) is 24.3 Å². The molecule has 98 valence electrons. The van der Waals surface area contributed by atoms with E-state index in [1.807, 2.05) is 31.2 Å². The van der Waals surface area contributed by atoms with E-state index in [2.05, 4.69) is 10.6 Å². The third-order valence-electron chi connectivity index (χ3n) is 3.34. The quantitative estimate of drug-likeness (QED) is 0.851. The van der Waals surface area contributed by atoms with E-state index in [4.69, 9.17) is 4.74 Å². The standard InChI is InChI=1S/C14H20N2O2/c1-10(11-6-3-4-8-13(11)18-2)16-14(17)12-7-5-9-15-12/h3-4,6,8,10,12,15H,5,7,9H2,1-2H3,(H,16,17). The van der Waals surface area contributed by atoms with Gasteiger partial charge in [-0.2, -0.15) is 0 Å². The smallest absolute Gasteiger partial charge is 0.237 e. The van der Waals surface area contributed by atoms with Crippen molar-refractivity contribution in [2.75, 3.05) is 13.7 Å². The number of hydrogen-bond donors (Lipinski definition) is 2. The van der Waals surface area contributed by atoms with Crippen LogP contribution in [0.25, 0.3) is 0 Å². The minimum atomic E-state index is -0.0453. The highest BCUT2D eigenvalue weighted by atomic mass is 16.5. The van der Waals surface area contributed by atoms with Crippen LogP contribution in [0, 0.1) is 0 Å². The zero-order valence-electron chi connectivity index (χ0n) is 10.9. The van der Waals surface area contributed by atoms with E-state index < -0.39 is 0 Å². The van der Waals surface area contributed by atoms with Gasteiger partial charge in [0.1, 0.15) is 5.75 Å². The highest BCUT2D eigenvalue weighted by Crippen LogP contribution is 2.24. The predicted octanol–water partition coefficient (Wildman–Crippen LogP) is 1.62. The molecule has 2 N–H and O–H groups in total. The molecule has 0 aliphatic carbocycles. The van der Waals surface area contributed by atoms with Crippen molar-refractivity contribution in [3.05, 3.63) is 29.8 Å². The van der Waals surface area contributed by atoms with E-state index in [1.165, 1.54) is 0 Å². The molecule has 0 aromatic heterocycles. The first-order chi connectivity index (χ1) is 8.72.